The highest BCUT2D eigenvalue weighted by Gasteiger charge is 2.07. The molecule has 0 spiro atoms. The third-order valence-corrected chi connectivity index (χ3v) is 3.77. The van der Waals surface area contributed by atoms with Crippen molar-refractivity contribution in [2.75, 3.05) is 6.61 Å². The molecule has 0 saturated carbocycles. The maximum Gasteiger partial charge on any atom is 0.174 e. The van der Waals surface area contributed by atoms with E-state index in [9.17, 15) is 0 Å². The van der Waals surface area contributed by atoms with Crippen molar-refractivity contribution in [1.82, 2.24) is 4.98 Å². The van der Waals surface area contributed by atoms with Crippen molar-refractivity contribution < 1.29 is 4.74 Å². The normalized spacial score (nSPS) is 11.4. The SMILES string of the molecule is CCCOc1ccc(-c2ccnc(C(=N)C=C(C)N)c2)s1. The zero-order valence-electron chi connectivity index (χ0n) is 12.2. The summed E-state index contributed by atoms with van der Waals surface area (Å²) < 4.78 is 5.62. The van der Waals surface area contributed by atoms with Gasteiger partial charge in [-0.1, -0.05) is 18.3 Å². The van der Waals surface area contributed by atoms with E-state index in [0.29, 0.717) is 17.1 Å². The summed E-state index contributed by atoms with van der Waals surface area (Å²) in [6.45, 7) is 4.57. The topological polar surface area (TPSA) is 72.0 Å². The molecule has 0 radical (unpaired) electrons. The smallest absolute Gasteiger partial charge is 0.174 e. The van der Waals surface area contributed by atoms with Gasteiger partial charge in [-0.15, -0.1) is 0 Å². The first-order chi connectivity index (χ1) is 10.1. The summed E-state index contributed by atoms with van der Waals surface area (Å²) in [5.74, 6) is 0. The number of hydrogen-bond donors (Lipinski definition) is 2. The number of nitrogens with zero attached hydrogens (tertiary/aromatic N) is 1. The third-order valence-electron chi connectivity index (χ3n) is 2.72. The van der Waals surface area contributed by atoms with E-state index in [1.807, 2.05) is 24.3 Å². The van der Waals surface area contributed by atoms with Crippen molar-refractivity contribution in [3.05, 3.63) is 47.9 Å². The zero-order chi connectivity index (χ0) is 15.2. The molecule has 21 heavy (non-hydrogen) atoms. The van der Waals surface area contributed by atoms with Crippen molar-refractivity contribution in [3.8, 4) is 15.5 Å². The Morgan fingerprint density at radius 3 is 2.95 bits per heavy atom. The van der Waals surface area contributed by atoms with Gasteiger partial charge in [0.25, 0.3) is 0 Å². The molecule has 3 N–H and O–H groups in total. The molecule has 0 saturated heterocycles. The second kappa shape index (κ2) is 7.04. The largest absolute Gasteiger partial charge is 0.484 e. The molecule has 0 bridgehead atoms. The van der Waals surface area contributed by atoms with Crippen molar-refractivity contribution >= 4 is 17.0 Å². The average molecular weight is 301 g/mol. The second-order valence-corrected chi connectivity index (χ2v) is 5.75. The van der Waals surface area contributed by atoms with Gasteiger partial charge in [-0.05, 0) is 49.2 Å². The molecule has 0 fully saturated rings. The summed E-state index contributed by atoms with van der Waals surface area (Å²) in [7, 11) is 0. The van der Waals surface area contributed by atoms with Gasteiger partial charge in [0.15, 0.2) is 5.06 Å². The molecule has 0 aliphatic rings. The molecule has 0 aliphatic carbocycles. The predicted molar refractivity (Wildman–Crippen MR) is 88.1 cm³/mol. The van der Waals surface area contributed by atoms with Gasteiger partial charge in [0.1, 0.15) is 0 Å². The van der Waals surface area contributed by atoms with Gasteiger partial charge in [-0.25, -0.2) is 0 Å². The van der Waals surface area contributed by atoms with Crippen molar-refractivity contribution in [2.24, 2.45) is 5.73 Å². The van der Waals surface area contributed by atoms with Crippen LogP contribution in [0.15, 0.2) is 42.2 Å². The van der Waals surface area contributed by atoms with E-state index in [4.69, 9.17) is 15.9 Å². The lowest BCUT2D eigenvalue weighted by Crippen LogP contribution is -2.02. The first-order valence-corrected chi connectivity index (χ1v) is 7.63. The summed E-state index contributed by atoms with van der Waals surface area (Å²) in [4.78, 5) is 5.33. The highest BCUT2D eigenvalue weighted by Crippen LogP contribution is 2.33. The summed E-state index contributed by atoms with van der Waals surface area (Å²) in [6.07, 6.45) is 4.32. The van der Waals surface area contributed by atoms with Crippen LogP contribution in [0.1, 0.15) is 26.0 Å². The molecule has 2 rings (SSSR count). The van der Waals surface area contributed by atoms with Gasteiger partial charge in [-0.3, -0.25) is 10.4 Å². The van der Waals surface area contributed by atoms with Crippen LogP contribution in [0.25, 0.3) is 10.4 Å². The molecule has 4 nitrogen and oxygen atoms in total. The van der Waals surface area contributed by atoms with Gasteiger partial charge in [0, 0.05) is 16.8 Å². The molecular weight excluding hydrogens is 282 g/mol. The second-order valence-electron chi connectivity index (χ2n) is 4.70. The van der Waals surface area contributed by atoms with Crippen LogP contribution in [-0.2, 0) is 0 Å². The van der Waals surface area contributed by atoms with Gasteiger partial charge in [0.05, 0.1) is 18.0 Å². The Bertz CT molecular complexity index is 657. The maximum atomic E-state index is 7.98. The van der Waals surface area contributed by atoms with Crippen LogP contribution in [0.2, 0.25) is 0 Å². The Morgan fingerprint density at radius 2 is 2.24 bits per heavy atom. The van der Waals surface area contributed by atoms with E-state index in [-0.39, 0.29) is 0 Å². The minimum atomic E-state index is 0.316. The fraction of sp³-hybridized carbons (Fsp3) is 0.250. The van der Waals surface area contributed by atoms with Crippen LogP contribution in [0.5, 0.6) is 5.06 Å². The van der Waals surface area contributed by atoms with Crippen molar-refractivity contribution in [2.45, 2.75) is 20.3 Å². The molecular formula is C16H19N3OS. The van der Waals surface area contributed by atoms with Crippen LogP contribution in [0, 0.1) is 5.41 Å². The van der Waals surface area contributed by atoms with E-state index >= 15 is 0 Å². The highest BCUT2D eigenvalue weighted by atomic mass is 32.1. The molecule has 0 atom stereocenters. The number of nitrogens with two attached hydrogens (primary N) is 1. The Morgan fingerprint density at radius 1 is 1.43 bits per heavy atom. The summed E-state index contributed by atoms with van der Waals surface area (Å²) in [6, 6.07) is 7.84. The molecule has 0 unspecified atom stereocenters. The van der Waals surface area contributed by atoms with Gasteiger partial charge in [0.2, 0.25) is 0 Å². The van der Waals surface area contributed by atoms with Gasteiger partial charge >= 0.3 is 0 Å². The molecule has 2 heterocycles. The number of ether oxygens (including phenoxy) is 1. The standard InChI is InChI=1S/C16H19N3OS/c1-3-8-20-16-5-4-15(21-16)12-6-7-19-14(10-12)13(18)9-11(2)17/h4-7,9-10,18H,3,8,17H2,1-2H3. The summed E-state index contributed by atoms with van der Waals surface area (Å²) >= 11 is 1.60. The van der Waals surface area contributed by atoms with Gasteiger partial charge < -0.3 is 10.5 Å². The summed E-state index contributed by atoms with van der Waals surface area (Å²) in [5, 5.41) is 8.89. The summed E-state index contributed by atoms with van der Waals surface area (Å²) in [5.41, 5.74) is 8.16. The predicted octanol–water partition coefficient (Wildman–Crippen LogP) is 3.83. The lowest BCUT2D eigenvalue weighted by molar-refractivity contribution is 0.326. The minimum Gasteiger partial charge on any atom is -0.484 e. The Kier molecular flexibility index (Phi) is 5.11. The number of pyridine rings is 1. The first-order valence-electron chi connectivity index (χ1n) is 6.82. The zero-order valence-corrected chi connectivity index (χ0v) is 13.0. The molecule has 110 valence electrons. The van der Waals surface area contributed by atoms with Gasteiger partial charge in [-0.2, -0.15) is 0 Å². The number of rotatable bonds is 6. The van der Waals surface area contributed by atoms with Crippen LogP contribution >= 0.6 is 11.3 Å². The van der Waals surface area contributed by atoms with Crippen molar-refractivity contribution in [3.63, 3.8) is 0 Å². The molecule has 2 aromatic rings. The lowest BCUT2D eigenvalue weighted by Gasteiger charge is -2.02. The van der Waals surface area contributed by atoms with E-state index < -0.39 is 0 Å². The highest BCUT2D eigenvalue weighted by molar-refractivity contribution is 7.17. The molecule has 0 amide bonds. The van der Waals surface area contributed by atoms with E-state index in [1.54, 1.807) is 30.5 Å². The average Bonchev–Trinajstić information content (AvgIpc) is 2.93. The number of hydrogen-bond acceptors (Lipinski definition) is 5. The molecule has 5 heteroatoms. The Labute approximate surface area is 128 Å². The minimum absolute atomic E-state index is 0.316. The van der Waals surface area contributed by atoms with E-state index in [1.165, 1.54) is 0 Å². The molecule has 0 aromatic carbocycles. The number of thiophene rings is 1. The fourth-order valence-corrected chi connectivity index (χ4v) is 2.66. The number of nitrogens with one attached hydrogen (secondary N) is 1. The fourth-order valence-electron chi connectivity index (χ4n) is 1.79. The first kappa shape index (κ1) is 15.3. The Balaban J connectivity index is 2.23. The van der Waals surface area contributed by atoms with Crippen molar-refractivity contribution in [1.29, 1.82) is 5.41 Å². The molecule has 2 aromatic heterocycles. The van der Waals surface area contributed by atoms with Crippen LogP contribution < -0.4 is 10.5 Å². The lowest BCUT2D eigenvalue weighted by atomic mass is 10.1. The number of aromatic nitrogens is 1. The Hall–Kier alpha value is -2.14. The quantitative estimate of drug-likeness (QED) is 0.796. The van der Waals surface area contributed by atoms with E-state index in [0.717, 1.165) is 28.5 Å². The van der Waals surface area contributed by atoms with Crippen LogP contribution in [0.4, 0.5) is 0 Å². The van der Waals surface area contributed by atoms with Crippen LogP contribution in [-0.4, -0.2) is 17.3 Å². The molecule has 0 aliphatic heterocycles. The monoisotopic (exact) mass is 301 g/mol. The van der Waals surface area contributed by atoms with Crippen LogP contribution in [0.3, 0.4) is 0 Å². The number of allylic oxidation sites excluding steroid dienone is 2. The third kappa shape index (κ3) is 4.16. The van der Waals surface area contributed by atoms with E-state index in [2.05, 4.69) is 11.9 Å². The maximum absolute atomic E-state index is 7.98.